The topological polar surface area (TPSA) is 80.9 Å². The minimum Gasteiger partial charge on any atom is -0.508 e. The van der Waals surface area contributed by atoms with Gasteiger partial charge in [-0.15, -0.1) is 0 Å². The molecule has 0 amide bonds. The van der Waals surface area contributed by atoms with Gasteiger partial charge in [-0.3, -0.25) is 0 Å². The molecular weight excluding hydrogens is 220 g/mol. The highest BCUT2D eigenvalue weighted by Gasteiger charge is 2.19. The Labute approximate surface area is 99.0 Å². The van der Waals surface area contributed by atoms with Crippen LogP contribution in [0.25, 0.3) is 0 Å². The SMILES string of the molecule is OC(O)(O)c1ccccc1.Oc1ccccc1. The van der Waals surface area contributed by atoms with Gasteiger partial charge in [-0.05, 0) is 12.1 Å². The number of hydrogen-bond donors (Lipinski definition) is 4. The number of benzene rings is 2. The molecule has 4 N–H and O–H groups in total. The Hall–Kier alpha value is -1.88. The molecule has 0 saturated carbocycles. The van der Waals surface area contributed by atoms with Crippen LogP contribution in [0.5, 0.6) is 5.75 Å². The van der Waals surface area contributed by atoms with Crippen molar-refractivity contribution in [2.45, 2.75) is 5.97 Å². The number of aromatic hydroxyl groups is 1. The van der Waals surface area contributed by atoms with E-state index in [9.17, 15) is 0 Å². The minimum absolute atomic E-state index is 0.0648. The molecule has 4 nitrogen and oxygen atoms in total. The van der Waals surface area contributed by atoms with Crippen molar-refractivity contribution >= 4 is 0 Å². The first kappa shape index (κ1) is 13.2. The summed E-state index contributed by atoms with van der Waals surface area (Å²) in [5.74, 6) is -2.39. The molecule has 2 rings (SSSR count). The fourth-order valence-corrected chi connectivity index (χ4v) is 1.09. The number of aliphatic hydroxyl groups is 3. The van der Waals surface area contributed by atoms with E-state index in [-0.39, 0.29) is 5.56 Å². The molecule has 0 fully saturated rings. The molecule has 0 aliphatic rings. The summed E-state index contributed by atoms with van der Waals surface area (Å²) in [4.78, 5) is 0. The predicted octanol–water partition coefficient (Wildman–Crippen LogP) is 1.17. The normalized spacial score (nSPS) is 10.3. The van der Waals surface area contributed by atoms with E-state index in [1.54, 1.807) is 42.5 Å². The van der Waals surface area contributed by atoms with Crippen molar-refractivity contribution in [3.05, 3.63) is 66.2 Å². The number of phenols is 1. The van der Waals surface area contributed by atoms with Gasteiger partial charge in [0, 0.05) is 5.56 Å². The van der Waals surface area contributed by atoms with Crippen LogP contribution in [0.15, 0.2) is 60.7 Å². The van der Waals surface area contributed by atoms with Gasteiger partial charge >= 0.3 is 5.97 Å². The molecular formula is C13H14O4. The van der Waals surface area contributed by atoms with Crippen LogP contribution >= 0.6 is 0 Å². The summed E-state index contributed by atoms with van der Waals surface area (Å²) in [5.41, 5.74) is 0.0648. The second-order valence-electron chi connectivity index (χ2n) is 3.34. The molecule has 17 heavy (non-hydrogen) atoms. The molecule has 0 atom stereocenters. The van der Waals surface area contributed by atoms with Crippen molar-refractivity contribution in [2.24, 2.45) is 0 Å². The van der Waals surface area contributed by atoms with Crippen molar-refractivity contribution in [1.29, 1.82) is 0 Å². The van der Waals surface area contributed by atoms with Gasteiger partial charge in [-0.2, -0.15) is 0 Å². The number of para-hydroxylation sites is 1. The summed E-state index contributed by atoms with van der Waals surface area (Å²) in [5, 5.41) is 34.4. The molecule has 4 heteroatoms. The van der Waals surface area contributed by atoms with Crippen LogP contribution in [0.2, 0.25) is 0 Å². The number of rotatable bonds is 1. The first-order valence-corrected chi connectivity index (χ1v) is 4.97. The molecule has 2 aromatic carbocycles. The summed E-state index contributed by atoms with van der Waals surface area (Å²) < 4.78 is 0. The van der Waals surface area contributed by atoms with Crippen LogP contribution in [0.4, 0.5) is 0 Å². The zero-order valence-electron chi connectivity index (χ0n) is 9.06. The third-order valence-corrected chi connectivity index (χ3v) is 1.92. The number of hydrogen-bond acceptors (Lipinski definition) is 4. The van der Waals surface area contributed by atoms with E-state index in [0.717, 1.165) is 0 Å². The van der Waals surface area contributed by atoms with Crippen molar-refractivity contribution in [3.8, 4) is 5.75 Å². The fourth-order valence-electron chi connectivity index (χ4n) is 1.09. The molecule has 0 aliphatic heterocycles. The van der Waals surface area contributed by atoms with Gasteiger partial charge < -0.3 is 20.4 Å². The van der Waals surface area contributed by atoms with E-state index >= 15 is 0 Å². The Morgan fingerprint density at radius 1 is 0.647 bits per heavy atom. The Morgan fingerprint density at radius 2 is 1.06 bits per heavy atom. The quantitative estimate of drug-likeness (QED) is 0.558. The first-order valence-electron chi connectivity index (χ1n) is 4.97. The highest BCUT2D eigenvalue weighted by atomic mass is 16.7. The van der Waals surface area contributed by atoms with E-state index in [2.05, 4.69) is 0 Å². The lowest BCUT2D eigenvalue weighted by molar-refractivity contribution is -0.323. The summed E-state index contributed by atoms with van der Waals surface area (Å²) in [6.07, 6.45) is 0. The maximum Gasteiger partial charge on any atom is 0.304 e. The van der Waals surface area contributed by atoms with Crippen LogP contribution in [0, 0.1) is 0 Å². The average Bonchev–Trinajstić information content (AvgIpc) is 2.31. The maximum absolute atomic E-state index is 8.63. The van der Waals surface area contributed by atoms with Crippen molar-refractivity contribution in [2.75, 3.05) is 0 Å². The second-order valence-corrected chi connectivity index (χ2v) is 3.34. The molecule has 0 bridgehead atoms. The third kappa shape index (κ3) is 5.12. The van der Waals surface area contributed by atoms with Crippen molar-refractivity contribution < 1.29 is 20.4 Å². The Morgan fingerprint density at radius 3 is 1.29 bits per heavy atom. The van der Waals surface area contributed by atoms with E-state index < -0.39 is 5.97 Å². The molecule has 0 aromatic heterocycles. The Bertz CT molecular complexity index is 420. The van der Waals surface area contributed by atoms with Crippen LogP contribution in [0.1, 0.15) is 5.56 Å². The lowest BCUT2D eigenvalue weighted by atomic mass is 10.2. The van der Waals surface area contributed by atoms with Gasteiger partial charge in [0.25, 0.3) is 0 Å². The molecule has 0 heterocycles. The predicted molar refractivity (Wildman–Crippen MR) is 62.9 cm³/mol. The Balaban J connectivity index is 0.000000181. The average molecular weight is 234 g/mol. The molecule has 0 unspecified atom stereocenters. The van der Waals surface area contributed by atoms with Gasteiger partial charge in [-0.1, -0.05) is 48.5 Å². The lowest BCUT2D eigenvalue weighted by Crippen LogP contribution is -2.23. The van der Waals surface area contributed by atoms with Gasteiger partial charge in [0.15, 0.2) is 0 Å². The van der Waals surface area contributed by atoms with E-state index in [4.69, 9.17) is 20.4 Å². The van der Waals surface area contributed by atoms with Crippen molar-refractivity contribution in [1.82, 2.24) is 0 Å². The van der Waals surface area contributed by atoms with E-state index in [1.165, 1.54) is 12.1 Å². The Kier molecular flexibility index (Phi) is 4.66. The van der Waals surface area contributed by atoms with Crippen molar-refractivity contribution in [3.63, 3.8) is 0 Å². The third-order valence-electron chi connectivity index (χ3n) is 1.92. The largest absolute Gasteiger partial charge is 0.508 e. The standard InChI is InChI=1S/C7H8O3.C6H6O/c8-7(9,10)6-4-2-1-3-5-6;7-6-4-2-1-3-5-6/h1-5,8-10H;1-5,7H. The van der Waals surface area contributed by atoms with Crippen LogP contribution < -0.4 is 0 Å². The summed E-state index contributed by atoms with van der Waals surface area (Å²) in [6.45, 7) is 0. The van der Waals surface area contributed by atoms with E-state index in [0.29, 0.717) is 5.75 Å². The fraction of sp³-hybridized carbons (Fsp3) is 0.0769. The molecule has 2 aromatic rings. The monoisotopic (exact) mass is 234 g/mol. The van der Waals surface area contributed by atoms with Crippen LogP contribution in [-0.4, -0.2) is 20.4 Å². The van der Waals surface area contributed by atoms with Gasteiger partial charge in [0.05, 0.1) is 0 Å². The zero-order valence-corrected chi connectivity index (χ0v) is 9.06. The van der Waals surface area contributed by atoms with Gasteiger partial charge in [0.1, 0.15) is 5.75 Å². The van der Waals surface area contributed by atoms with Crippen LogP contribution in [-0.2, 0) is 5.97 Å². The number of phenolic OH excluding ortho intramolecular Hbond substituents is 1. The highest BCUT2D eigenvalue weighted by Crippen LogP contribution is 2.12. The highest BCUT2D eigenvalue weighted by molar-refractivity contribution is 5.18. The second kappa shape index (κ2) is 6.00. The van der Waals surface area contributed by atoms with Gasteiger partial charge in [0.2, 0.25) is 0 Å². The summed E-state index contributed by atoms with van der Waals surface area (Å²) in [7, 11) is 0. The zero-order chi connectivity index (χ0) is 12.7. The summed E-state index contributed by atoms with van der Waals surface area (Å²) >= 11 is 0. The molecule has 0 radical (unpaired) electrons. The van der Waals surface area contributed by atoms with E-state index in [1.807, 2.05) is 6.07 Å². The first-order chi connectivity index (χ1) is 8.00. The lowest BCUT2D eigenvalue weighted by Gasteiger charge is -2.12. The van der Waals surface area contributed by atoms with Crippen LogP contribution in [0.3, 0.4) is 0 Å². The molecule has 0 aliphatic carbocycles. The smallest absolute Gasteiger partial charge is 0.304 e. The molecule has 90 valence electrons. The van der Waals surface area contributed by atoms with Gasteiger partial charge in [-0.25, -0.2) is 0 Å². The molecule has 0 saturated heterocycles. The maximum atomic E-state index is 8.63. The summed E-state index contributed by atoms with van der Waals surface area (Å²) in [6, 6.07) is 16.5. The molecule has 0 spiro atoms. The minimum atomic E-state index is -2.71.